The summed E-state index contributed by atoms with van der Waals surface area (Å²) in [6.45, 7) is 1.55. The largest absolute Gasteiger partial charge is 0.356 e. The molecule has 0 bridgehead atoms. The standard InChI is InChI=1S/C13H24N2OS.ClH/c14-8-11-2-1-3-12(11)13(16)15-9-10-4-6-17-7-5-10;/h10-12H,1-9,14H2,(H,15,16);1H/t11-,12-;/m1./s1. The van der Waals surface area contributed by atoms with Crippen LogP contribution in [0, 0.1) is 17.8 Å². The van der Waals surface area contributed by atoms with E-state index < -0.39 is 0 Å². The van der Waals surface area contributed by atoms with E-state index in [4.69, 9.17) is 5.73 Å². The van der Waals surface area contributed by atoms with Crippen molar-refractivity contribution in [3.05, 3.63) is 0 Å². The topological polar surface area (TPSA) is 55.1 Å². The molecular formula is C13H25ClN2OS. The van der Waals surface area contributed by atoms with E-state index in [9.17, 15) is 4.79 Å². The lowest BCUT2D eigenvalue weighted by Gasteiger charge is -2.23. The maximum Gasteiger partial charge on any atom is 0.223 e. The normalized spacial score (nSPS) is 28.7. The van der Waals surface area contributed by atoms with Gasteiger partial charge in [0.05, 0.1) is 0 Å². The monoisotopic (exact) mass is 292 g/mol. The maximum absolute atomic E-state index is 12.1. The van der Waals surface area contributed by atoms with E-state index in [1.807, 2.05) is 11.8 Å². The lowest BCUT2D eigenvalue weighted by atomic mass is 9.95. The van der Waals surface area contributed by atoms with Gasteiger partial charge in [-0.05, 0) is 55.6 Å². The Hall–Kier alpha value is 0.0700. The first kappa shape index (κ1) is 16.1. The third-order valence-corrected chi connectivity index (χ3v) is 5.25. The summed E-state index contributed by atoms with van der Waals surface area (Å²) >= 11 is 2.03. The Balaban J connectivity index is 0.00000162. The lowest BCUT2D eigenvalue weighted by Crippen LogP contribution is -2.38. The van der Waals surface area contributed by atoms with Crippen molar-refractivity contribution in [3.8, 4) is 0 Å². The minimum absolute atomic E-state index is 0. The van der Waals surface area contributed by atoms with Crippen LogP contribution in [0.4, 0.5) is 0 Å². The highest BCUT2D eigenvalue weighted by Crippen LogP contribution is 2.31. The molecule has 5 heteroatoms. The molecule has 0 radical (unpaired) electrons. The minimum Gasteiger partial charge on any atom is -0.356 e. The average Bonchev–Trinajstić information content (AvgIpc) is 2.85. The molecule has 0 unspecified atom stereocenters. The summed E-state index contributed by atoms with van der Waals surface area (Å²) in [6, 6.07) is 0. The van der Waals surface area contributed by atoms with Gasteiger partial charge in [-0.3, -0.25) is 4.79 Å². The molecule has 1 aliphatic carbocycles. The van der Waals surface area contributed by atoms with Crippen molar-refractivity contribution in [2.45, 2.75) is 32.1 Å². The van der Waals surface area contributed by atoms with Gasteiger partial charge >= 0.3 is 0 Å². The fraction of sp³-hybridized carbons (Fsp3) is 0.923. The zero-order valence-electron chi connectivity index (χ0n) is 10.9. The zero-order valence-corrected chi connectivity index (χ0v) is 12.5. The summed E-state index contributed by atoms with van der Waals surface area (Å²) in [4.78, 5) is 12.1. The third kappa shape index (κ3) is 4.32. The van der Waals surface area contributed by atoms with Gasteiger partial charge in [0.15, 0.2) is 0 Å². The zero-order chi connectivity index (χ0) is 12.1. The predicted octanol–water partition coefficient (Wildman–Crippen LogP) is 2.04. The van der Waals surface area contributed by atoms with Gasteiger partial charge in [0.2, 0.25) is 5.91 Å². The number of carbonyl (C=O) groups excluding carboxylic acids is 1. The van der Waals surface area contributed by atoms with Gasteiger partial charge in [-0.15, -0.1) is 12.4 Å². The Morgan fingerprint density at radius 2 is 1.94 bits per heavy atom. The molecule has 1 saturated heterocycles. The first-order valence-corrected chi connectivity index (χ1v) is 8.02. The summed E-state index contributed by atoms with van der Waals surface area (Å²) in [5.74, 6) is 4.11. The van der Waals surface area contributed by atoms with Gasteiger partial charge in [0.1, 0.15) is 0 Å². The fourth-order valence-corrected chi connectivity index (χ4v) is 4.19. The van der Waals surface area contributed by atoms with Crippen LogP contribution in [-0.2, 0) is 4.79 Å². The highest BCUT2D eigenvalue weighted by molar-refractivity contribution is 7.99. The Labute approximate surface area is 120 Å². The van der Waals surface area contributed by atoms with Crippen molar-refractivity contribution in [2.24, 2.45) is 23.5 Å². The van der Waals surface area contributed by atoms with Crippen LogP contribution in [0.15, 0.2) is 0 Å². The van der Waals surface area contributed by atoms with E-state index in [1.165, 1.54) is 30.8 Å². The van der Waals surface area contributed by atoms with Crippen LogP contribution in [0.2, 0.25) is 0 Å². The van der Waals surface area contributed by atoms with E-state index in [0.717, 1.165) is 19.4 Å². The molecular weight excluding hydrogens is 268 g/mol. The summed E-state index contributed by atoms with van der Waals surface area (Å²) in [7, 11) is 0. The van der Waals surface area contributed by atoms with Gasteiger partial charge in [-0.2, -0.15) is 11.8 Å². The molecule has 0 aromatic rings. The molecule has 2 aliphatic rings. The Kier molecular flexibility index (Phi) is 7.42. The molecule has 1 amide bonds. The van der Waals surface area contributed by atoms with Crippen molar-refractivity contribution in [1.29, 1.82) is 0 Å². The van der Waals surface area contributed by atoms with Crippen molar-refractivity contribution >= 4 is 30.1 Å². The number of hydrogen-bond acceptors (Lipinski definition) is 3. The Morgan fingerprint density at radius 3 is 2.61 bits per heavy atom. The van der Waals surface area contributed by atoms with Gasteiger partial charge in [0.25, 0.3) is 0 Å². The van der Waals surface area contributed by atoms with E-state index >= 15 is 0 Å². The molecule has 18 heavy (non-hydrogen) atoms. The molecule has 1 saturated carbocycles. The van der Waals surface area contributed by atoms with E-state index in [2.05, 4.69) is 5.32 Å². The van der Waals surface area contributed by atoms with Gasteiger partial charge in [-0.25, -0.2) is 0 Å². The smallest absolute Gasteiger partial charge is 0.223 e. The molecule has 3 N–H and O–H groups in total. The second kappa shape index (κ2) is 8.28. The molecule has 3 nitrogen and oxygen atoms in total. The molecule has 2 atom stereocenters. The number of nitrogens with two attached hydrogens (primary N) is 1. The maximum atomic E-state index is 12.1. The number of amides is 1. The van der Waals surface area contributed by atoms with Crippen LogP contribution < -0.4 is 11.1 Å². The SMILES string of the molecule is Cl.NC[C@H]1CCC[C@H]1C(=O)NCC1CCSCC1. The van der Waals surface area contributed by atoms with Crippen LogP contribution in [0.5, 0.6) is 0 Å². The van der Waals surface area contributed by atoms with Crippen molar-refractivity contribution < 1.29 is 4.79 Å². The predicted molar refractivity (Wildman–Crippen MR) is 80.2 cm³/mol. The molecule has 2 fully saturated rings. The summed E-state index contributed by atoms with van der Waals surface area (Å²) in [5, 5.41) is 3.15. The Bertz CT molecular complexity index is 259. The van der Waals surface area contributed by atoms with Crippen molar-refractivity contribution in [2.75, 3.05) is 24.6 Å². The van der Waals surface area contributed by atoms with Crippen molar-refractivity contribution in [3.63, 3.8) is 0 Å². The summed E-state index contributed by atoms with van der Waals surface area (Å²) < 4.78 is 0. The summed E-state index contributed by atoms with van der Waals surface area (Å²) in [5.41, 5.74) is 5.72. The van der Waals surface area contributed by atoms with Crippen molar-refractivity contribution in [1.82, 2.24) is 5.32 Å². The quantitative estimate of drug-likeness (QED) is 0.834. The second-order valence-electron chi connectivity index (χ2n) is 5.33. The molecule has 1 aliphatic heterocycles. The fourth-order valence-electron chi connectivity index (χ4n) is 2.99. The second-order valence-corrected chi connectivity index (χ2v) is 6.56. The van der Waals surface area contributed by atoms with Crippen LogP contribution in [-0.4, -0.2) is 30.5 Å². The average molecular weight is 293 g/mol. The summed E-state index contributed by atoms with van der Waals surface area (Å²) in [6.07, 6.45) is 5.86. The van der Waals surface area contributed by atoms with Crippen LogP contribution in [0.1, 0.15) is 32.1 Å². The number of rotatable bonds is 4. The highest BCUT2D eigenvalue weighted by Gasteiger charge is 2.31. The molecule has 0 aromatic heterocycles. The molecule has 106 valence electrons. The van der Waals surface area contributed by atoms with Gasteiger partial charge < -0.3 is 11.1 Å². The molecule has 1 heterocycles. The first-order chi connectivity index (χ1) is 8.31. The molecule has 0 aromatic carbocycles. The number of thioether (sulfide) groups is 1. The van der Waals surface area contributed by atoms with E-state index in [-0.39, 0.29) is 24.2 Å². The van der Waals surface area contributed by atoms with Crippen LogP contribution >= 0.6 is 24.2 Å². The number of halogens is 1. The number of carbonyl (C=O) groups is 1. The van der Waals surface area contributed by atoms with E-state index in [0.29, 0.717) is 18.4 Å². The third-order valence-electron chi connectivity index (χ3n) is 4.20. The van der Waals surface area contributed by atoms with Crippen LogP contribution in [0.3, 0.4) is 0 Å². The number of hydrogen-bond donors (Lipinski definition) is 2. The van der Waals surface area contributed by atoms with Gasteiger partial charge in [0, 0.05) is 12.5 Å². The molecule has 0 spiro atoms. The molecule has 2 rings (SSSR count). The highest BCUT2D eigenvalue weighted by atomic mass is 35.5. The minimum atomic E-state index is 0. The van der Waals surface area contributed by atoms with E-state index in [1.54, 1.807) is 0 Å². The van der Waals surface area contributed by atoms with Crippen LogP contribution in [0.25, 0.3) is 0 Å². The number of nitrogens with one attached hydrogen (secondary N) is 1. The lowest BCUT2D eigenvalue weighted by molar-refractivity contribution is -0.126. The first-order valence-electron chi connectivity index (χ1n) is 6.86. The van der Waals surface area contributed by atoms with Gasteiger partial charge in [-0.1, -0.05) is 6.42 Å². The Morgan fingerprint density at radius 1 is 1.22 bits per heavy atom.